The highest BCUT2D eigenvalue weighted by Crippen LogP contribution is 2.39. The van der Waals surface area contributed by atoms with Crippen molar-refractivity contribution in [3.63, 3.8) is 0 Å². The average molecular weight is 374 g/mol. The van der Waals surface area contributed by atoms with Crippen molar-refractivity contribution in [2.75, 3.05) is 26.2 Å². The molecule has 146 valence electrons. The quantitative estimate of drug-likeness (QED) is 0.541. The number of carbonyl (C=O) groups is 1. The Labute approximate surface area is 159 Å². The Morgan fingerprint density at radius 3 is 3.15 bits per heavy atom. The fourth-order valence-electron chi connectivity index (χ4n) is 4.08. The van der Waals surface area contributed by atoms with Gasteiger partial charge >= 0.3 is 5.97 Å². The molecule has 5 nitrogen and oxygen atoms in total. The minimum Gasteiger partial charge on any atom is -0.466 e. The van der Waals surface area contributed by atoms with Crippen LogP contribution < -0.4 is 0 Å². The van der Waals surface area contributed by atoms with Crippen molar-refractivity contribution >= 4 is 11.7 Å². The molecule has 1 saturated heterocycles. The van der Waals surface area contributed by atoms with Crippen LogP contribution in [0.5, 0.6) is 0 Å². The molecule has 1 aromatic rings. The zero-order valence-electron chi connectivity index (χ0n) is 15.8. The van der Waals surface area contributed by atoms with Crippen LogP contribution >= 0.6 is 0 Å². The van der Waals surface area contributed by atoms with Gasteiger partial charge in [0, 0.05) is 31.5 Å². The Balaban J connectivity index is 1.72. The number of nitrogens with zero attached hydrogens (tertiary/aromatic N) is 2. The van der Waals surface area contributed by atoms with Crippen molar-refractivity contribution in [1.29, 1.82) is 0 Å². The monoisotopic (exact) mass is 374 g/mol. The van der Waals surface area contributed by atoms with Crippen LogP contribution in [-0.4, -0.2) is 48.9 Å². The van der Waals surface area contributed by atoms with E-state index in [1.807, 2.05) is 19.1 Å². The first-order valence-electron chi connectivity index (χ1n) is 9.55. The number of oxime groups is 1. The maximum atomic E-state index is 13.5. The van der Waals surface area contributed by atoms with Crippen LogP contribution in [0.4, 0.5) is 4.39 Å². The van der Waals surface area contributed by atoms with Crippen molar-refractivity contribution in [2.45, 2.75) is 38.7 Å². The number of halogens is 1. The van der Waals surface area contributed by atoms with Gasteiger partial charge in [0.25, 0.3) is 0 Å². The summed E-state index contributed by atoms with van der Waals surface area (Å²) in [6, 6.07) is 6.34. The molecule has 0 aliphatic carbocycles. The van der Waals surface area contributed by atoms with Gasteiger partial charge in [-0.25, -0.2) is 4.39 Å². The summed E-state index contributed by atoms with van der Waals surface area (Å²) < 4.78 is 18.9. The summed E-state index contributed by atoms with van der Waals surface area (Å²) in [6.45, 7) is 8.32. The van der Waals surface area contributed by atoms with Crippen molar-refractivity contribution in [1.82, 2.24) is 4.90 Å². The van der Waals surface area contributed by atoms with E-state index in [0.29, 0.717) is 26.0 Å². The number of benzene rings is 1. The highest BCUT2D eigenvalue weighted by Gasteiger charge is 2.46. The van der Waals surface area contributed by atoms with Crippen LogP contribution in [0.25, 0.3) is 0 Å². The maximum Gasteiger partial charge on any atom is 0.313 e. The van der Waals surface area contributed by atoms with Gasteiger partial charge in [0.2, 0.25) is 0 Å². The zero-order valence-corrected chi connectivity index (χ0v) is 15.8. The minimum atomic E-state index is -0.602. The van der Waals surface area contributed by atoms with Gasteiger partial charge in [-0.05, 0) is 38.4 Å². The van der Waals surface area contributed by atoms with E-state index < -0.39 is 5.41 Å². The van der Waals surface area contributed by atoms with Crippen molar-refractivity contribution in [3.05, 3.63) is 48.3 Å². The third-order valence-electron chi connectivity index (χ3n) is 5.26. The molecule has 2 aliphatic heterocycles. The van der Waals surface area contributed by atoms with Crippen molar-refractivity contribution in [2.24, 2.45) is 10.6 Å². The number of hydrogen-bond donors (Lipinski definition) is 0. The standard InChI is InChI=1S/C21H27FN2O3/c1-3-10-24-11-6-9-21(15-24,20(25)26-4-2)14-18-13-19(23-27-18)16-7-5-8-17(22)12-16/h3,5,7-8,12,18H,1,4,6,9-11,13-15H2,2H3. The van der Waals surface area contributed by atoms with E-state index in [-0.39, 0.29) is 17.9 Å². The van der Waals surface area contributed by atoms with E-state index in [0.717, 1.165) is 37.2 Å². The first kappa shape index (κ1) is 19.5. The van der Waals surface area contributed by atoms with E-state index in [1.54, 1.807) is 6.07 Å². The van der Waals surface area contributed by atoms with E-state index in [1.165, 1.54) is 12.1 Å². The molecule has 0 bridgehead atoms. The maximum absolute atomic E-state index is 13.5. The summed E-state index contributed by atoms with van der Waals surface area (Å²) in [5.74, 6) is -0.462. The second-order valence-corrected chi connectivity index (χ2v) is 7.31. The van der Waals surface area contributed by atoms with E-state index >= 15 is 0 Å². The van der Waals surface area contributed by atoms with Crippen molar-refractivity contribution < 1.29 is 18.8 Å². The number of ether oxygens (including phenoxy) is 1. The Morgan fingerprint density at radius 1 is 1.56 bits per heavy atom. The molecule has 0 spiro atoms. The molecule has 2 unspecified atom stereocenters. The van der Waals surface area contributed by atoms with E-state index in [9.17, 15) is 9.18 Å². The summed E-state index contributed by atoms with van der Waals surface area (Å²) in [4.78, 5) is 20.7. The number of carbonyl (C=O) groups excluding carboxylic acids is 1. The second kappa shape index (κ2) is 8.65. The predicted molar refractivity (Wildman–Crippen MR) is 102 cm³/mol. The summed E-state index contributed by atoms with van der Waals surface area (Å²) in [7, 11) is 0. The van der Waals surface area contributed by atoms with Gasteiger partial charge in [-0.15, -0.1) is 6.58 Å². The molecule has 1 aromatic carbocycles. The fraction of sp³-hybridized carbons (Fsp3) is 0.524. The lowest BCUT2D eigenvalue weighted by molar-refractivity contribution is -0.162. The van der Waals surface area contributed by atoms with Crippen LogP contribution in [0.15, 0.2) is 42.1 Å². The predicted octanol–water partition coefficient (Wildman–Crippen LogP) is 3.54. The molecule has 27 heavy (non-hydrogen) atoms. The Kier molecular flexibility index (Phi) is 6.26. The van der Waals surface area contributed by atoms with Gasteiger partial charge in [-0.2, -0.15) is 0 Å². The van der Waals surface area contributed by atoms with Gasteiger partial charge in [0.1, 0.15) is 11.9 Å². The number of rotatable bonds is 7. The number of piperidine rings is 1. The molecule has 6 heteroatoms. The first-order valence-corrected chi connectivity index (χ1v) is 9.55. The average Bonchev–Trinajstić information content (AvgIpc) is 3.11. The molecule has 0 aromatic heterocycles. The Hall–Kier alpha value is -2.21. The lowest BCUT2D eigenvalue weighted by atomic mass is 9.74. The van der Waals surface area contributed by atoms with Gasteiger partial charge in [-0.3, -0.25) is 9.69 Å². The molecule has 0 amide bonds. The molecule has 2 aliphatic rings. The van der Waals surface area contributed by atoms with Gasteiger partial charge in [-0.1, -0.05) is 23.4 Å². The topological polar surface area (TPSA) is 51.1 Å². The molecule has 2 atom stereocenters. The Bertz CT molecular complexity index is 721. The smallest absolute Gasteiger partial charge is 0.313 e. The second-order valence-electron chi connectivity index (χ2n) is 7.31. The largest absolute Gasteiger partial charge is 0.466 e. The number of likely N-dealkylation sites (tertiary alicyclic amines) is 1. The van der Waals surface area contributed by atoms with Crippen LogP contribution in [0, 0.1) is 11.2 Å². The van der Waals surface area contributed by atoms with E-state index in [2.05, 4.69) is 16.6 Å². The Morgan fingerprint density at radius 2 is 2.41 bits per heavy atom. The molecule has 2 heterocycles. The minimum absolute atomic E-state index is 0.165. The molecule has 0 saturated carbocycles. The van der Waals surface area contributed by atoms with Crippen molar-refractivity contribution in [3.8, 4) is 0 Å². The third-order valence-corrected chi connectivity index (χ3v) is 5.26. The first-order chi connectivity index (χ1) is 13.1. The molecule has 0 N–H and O–H groups in total. The van der Waals surface area contributed by atoms with Crippen LogP contribution in [0.1, 0.15) is 38.2 Å². The van der Waals surface area contributed by atoms with Crippen LogP contribution in [0.2, 0.25) is 0 Å². The normalized spacial score (nSPS) is 25.6. The fourth-order valence-corrected chi connectivity index (χ4v) is 4.08. The summed E-state index contributed by atoms with van der Waals surface area (Å²) in [5.41, 5.74) is 0.839. The lowest BCUT2D eigenvalue weighted by Gasteiger charge is -2.41. The van der Waals surface area contributed by atoms with Gasteiger partial charge in [0.15, 0.2) is 0 Å². The van der Waals surface area contributed by atoms with Crippen LogP contribution in [0.3, 0.4) is 0 Å². The highest BCUT2D eigenvalue weighted by molar-refractivity contribution is 6.01. The lowest BCUT2D eigenvalue weighted by Crippen LogP contribution is -2.50. The number of hydrogen-bond acceptors (Lipinski definition) is 5. The zero-order chi connectivity index (χ0) is 19.3. The SMILES string of the molecule is C=CCN1CCCC(CC2CC(c3cccc(F)c3)=NO2)(C(=O)OCC)C1. The molecular formula is C21H27FN2O3. The van der Waals surface area contributed by atoms with Gasteiger partial charge in [0.05, 0.1) is 17.7 Å². The van der Waals surface area contributed by atoms with E-state index in [4.69, 9.17) is 9.57 Å². The number of esters is 1. The van der Waals surface area contributed by atoms with Gasteiger partial charge < -0.3 is 9.57 Å². The van der Waals surface area contributed by atoms with Crippen LogP contribution in [-0.2, 0) is 14.4 Å². The summed E-state index contributed by atoms with van der Waals surface area (Å²) in [5, 5.41) is 4.15. The highest BCUT2D eigenvalue weighted by atomic mass is 19.1. The molecule has 0 radical (unpaired) electrons. The molecular weight excluding hydrogens is 347 g/mol. The summed E-state index contributed by atoms with van der Waals surface area (Å²) >= 11 is 0. The summed E-state index contributed by atoms with van der Waals surface area (Å²) in [6.07, 6.45) is 4.45. The molecule has 1 fully saturated rings. The molecule has 3 rings (SSSR count). The third kappa shape index (κ3) is 4.56.